The minimum absolute atomic E-state index is 0.196. The number of carboxylic acids is 1. The largest absolute Gasteiger partial charge is 0.477 e. The third-order valence-corrected chi connectivity index (χ3v) is 2.15. The van der Waals surface area contributed by atoms with Crippen LogP contribution in [0.15, 0.2) is 42.6 Å². The fourth-order valence-corrected chi connectivity index (χ4v) is 1.31. The van der Waals surface area contributed by atoms with Crippen molar-refractivity contribution < 1.29 is 9.90 Å². The van der Waals surface area contributed by atoms with Gasteiger partial charge in [-0.2, -0.15) is 5.10 Å². The second kappa shape index (κ2) is 4.48. The second-order valence-electron chi connectivity index (χ2n) is 3.34. The highest BCUT2D eigenvalue weighted by molar-refractivity contribution is 5.90. The number of nitrogens with two attached hydrogens (primary N) is 1. The summed E-state index contributed by atoms with van der Waals surface area (Å²) < 4.78 is 1.61. The molecule has 86 valence electrons. The Morgan fingerprint density at radius 3 is 2.59 bits per heavy atom. The standard InChI is InChI=1S/C11H10N4O2/c12-10(11(16)17)5-8-1-3-9(4-2-8)15-7-13-6-14-15/h1-7H,12H2,(H,16,17). The first-order chi connectivity index (χ1) is 8.16. The lowest BCUT2D eigenvalue weighted by Gasteiger charge is -2.01. The minimum atomic E-state index is -1.13. The number of nitrogens with zero attached hydrogens (tertiary/aromatic N) is 3. The SMILES string of the molecule is NC(=Cc1ccc(-n2cncn2)cc1)C(=O)O. The van der Waals surface area contributed by atoms with Crippen molar-refractivity contribution in [1.82, 2.24) is 14.8 Å². The van der Waals surface area contributed by atoms with Gasteiger partial charge in [0.15, 0.2) is 0 Å². The van der Waals surface area contributed by atoms with Gasteiger partial charge in [-0.25, -0.2) is 14.5 Å². The lowest BCUT2D eigenvalue weighted by atomic mass is 10.2. The number of carbonyl (C=O) groups is 1. The average Bonchev–Trinajstić information content (AvgIpc) is 2.83. The molecule has 17 heavy (non-hydrogen) atoms. The van der Waals surface area contributed by atoms with Gasteiger partial charge in [0.1, 0.15) is 18.4 Å². The molecule has 0 aliphatic rings. The molecule has 0 spiro atoms. The van der Waals surface area contributed by atoms with Gasteiger partial charge in [-0.05, 0) is 23.8 Å². The van der Waals surface area contributed by atoms with Gasteiger partial charge in [0.2, 0.25) is 0 Å². The molecule has 1 heterocycles. The number of hydrogen-bond donors (Lipinski definition) is 2. The monoisotopic (exact) mass is 230 g/mol. The van der Waals surface area contributed by atoms with E-state index in [0.717, 1.165) is 5.69 Å². The molecule has 1 aromatic carbocycles. The fourth-order valence-electron chi connectivity index (χ4n) is 1.31. The lowest BCUT2D eigenvalue weighted by Crippen LogP contribution is -2.09. The van der Waals surface area contributed by atoms with Gasteiger partial charge in [0.05, 0.1) is 5.69 Å². The van der Waals surface area contributed by atoms with Crippen LogP contribution in [-0.2, 0) is 4.79 Å². The fraction of sp³-hybridized carbons (Fsp3) is 0. The summed E-state index contributed by atoms with van der Waals surface area (Å²) in [5.41, 5.74) is 6.68. The maximum Gasteiger partial charge on any atom is 0.351 e. The molecule has 3 N–H and O–H groups in total. The molecule has 0 aliphatic carbocycles. The predicted octanol–water partition coefficient (Wildman–Crippen LogP) is 0.652. The van der Waals surface area contributed by atoms with Crippen LogP contribution in [0, 0.1) is 0 Å². The van der Waals surface area contributed by atoms with E-state index in [4.69, 9.17) is 10.8 Å². The zero-order valence-electron chi connectivity index (χ0n) is 8.82. The maximum atomic E-state index is 10.5. The molecule has 6 heteroatoms. The Hall–Kier alpha value is -2.63. The molecule has 0 saturated heterocycles. The molecule has 0 fully saturated rings. The van der Waals surface area contributed by atoms with E-state index in [0.29, 0.717) is 5.56 Å². The molecule has 0 aliphatic heterocycles. The Balaban J connectivity index is 2.25. The molecule has 0 saturated carbocycles. The Kier molecular flexibility index (Phi) is 2.87. The number of rotatable bonds is 3. The van der Waals surface area contributed by atoms with Crippen molar-refractivity contribution in [3.05, 3.63) is 48.2 Å². The van der Waals surface area contributed by atoms with E-state index in [-0.39, 0.29) is 5.70 Å². The Morgan fingerprint density at radius 1 is 1.35 bits per heavy atom. The molecule has 2 rings (SSSR count). The van der Waals surface area contributed by atoms with Crippen LogP contribution in [0.1, 0.15) is 5.56 Å². The number of aromatic nitrogens is 3. The Bertz CT molecular complexity index is 543. The third kappa shape index (κ3) is 2.49. The second-order valence-corrected chi connectivity index (χ2v) is 3.34. The highest BCUT2D eigenvalue weighted by Gasteiger charge is 2.01. The van der Waals surface area contributed by atoms with Crippen LogP contribution < -0.4 is 5.73 Å². The van der Waals surface area contributed by atoms with Crippen LogP contribution in [0.4, 0.5) is 0 Å². The molecule has 2 aromatic rings. The van der Waals surface area contributed by atoms with Crippen LogP contribution in [0.2, 0.25) is 0 Å². The van der Waals surface area contributed by atoms with E-state index in [1.54, 1.807) is 35.3 Å². The predicted molar refractivity (Wildman–Crippen MR) is 61.2 cm³/mol. The van der Waals surface area contributed by atoms with Crippen molar-refractivity contribution >= 4 is 12.0 Å². The molecule has 1 aromatic heterocycles. The quantitative estimate of drug-likeness (QED) is 0.755. The lowest BCUT2D eigenvalue weighted by molar-refractivity contribution is -0.132. The molecule has 0 unspecified atom stereocenters. The normalized spacial score (nSPS) is 11.4. The van der Waals surface area contributed by atoms with Crippen molar-refractivity contribution in [2.24, 2.45) is 5.73 Å². The number of benzene rings is 1. The van der Waals surface area contributed by atoms with Gasteiger partial charge < -0.3 is 10.8 Å². The maximum absolute atomic E-state index is 10.5. The number of aliphatic carboxylic acids is 1. The summed E-state index contributed by atoms with van der Waals surface area (Å²) in [4.78, 5) is 14.4. The van der Waals surface area contributed by atoms with Crippen LogP contribution in [-0.4, -0.2) is 25.8 Å². The van der Waals surface area contributed by atoms with Gasteiger partial charge in [-0.15, -0.1) is 0 Å². The first kappa shape index (κ1) is 10.9. The molecule has 0 amide bonds. The number of carboxylic acid groups (broad SMARTS) is 1. The summed E-state index contributed by atoms with van der Waals surface area (Å²) in [5.74, 6) is -1.13. The minimum Gasteiger partial charge on any atom is -0.477 e. The summed E-state index contributed by atoms with van der Waals surface area (Å²) in [7, 11) is 0. The van der Waals surface area contributed by atoms with Crippen LogP contribution >= 0.6 is 0 Å². The van der Waals surface area contributed by atoms with Crippen LogP contribution in [0.25, 0.3) is 11.8 Å². The first-order valence-corrected chi connectivity index (χ1v) is 4.82. The summed E-state index contributed by atoms with van der Waals surface area (Å²) in [6.07, 6.45) is 4.42. The molecule has 0 atom stereocenters. The zero-order valence-corrected chi connectivity index (χ0v) is 8.82. The van der Waals surface area contributed by atoms with E-state index < -0.39 is 5.97 Å². The van der Waals surface area contributed by atoms with Crippen molar-refractivity contribution in [3.63, 3.8) is 0 Å². The average molecular weight is 230 g/mol. The van der Waals surface area contributed by atoms with Gasteiger partial charge >= 0.3 is 5.97 Å². The summed E-state index contributed by atoms with van der Waals surface area (Å²) in [5, 5.41) is 12.6. The Labute approximate surface area is 97.0 Å². The zero-order chi connectivity index (χ0) is 12.3. The van der Waals surface area contributed by atoms with Gasteiger partial charge in [-0.1, -0.05) is 12.1 Å². The Morgan fingerprint density at radius 2 is 2.06 bits per heavy atom. The summed E-state index contributed by atoms with van der Waals surface area (Å²) in [6, 6.07) is 7.12. The van der Waals surface area contributed by atoms with Crippen molar-refractivity contribution in [2.45, 2.75) is 0 Å². The molecule has 0 bridgehead atoms. The summed E-state index contributed by atoms with van der Waals surface area (Å²) in [6.45, 7) is 0. The van der Waals surface area contributed by atoms with Crippen molar-refractivity contribution in [1.29, 1.82) is 0 Å². The summed E-state index contributed by atoms with van der Waals surface area (Å²) >= 11 is 0. The molecule has 0 radical (unpaired) electrons. The van der Waals surface area contributed by atoms with Crippen LogP contribution in [0.5, 0.6) is 0 Å². The van der Waals surface area contributed by atoms with E-state index in [2.05, 4.69) is 10.1 Å². The van der Waals surface area contributed by atoms with Crippen LogP contribution in [0.3, 0.4) is 0 Å². The van der Waals surface area contributed by atoms with E-state index in [1.165, 1.54) is 12.4 Å². The first-order valence-electron chi connectivity index (χ1n) is 4.82. The molecular weight excluding hydrogens is 220 g/mol. The van der Waals surface area contributed by atoms with Crippen molar-refractivity contribution in [2.75, 3.05) is 0 Å². The van der Waals surface area contributed by atoms with E-state index in [1.807, 2.05) is 0 Å². The van der Waals surface area contributed by atoms with E-state index in [9.17, 15) is 4.79 Å². The topological polar surface area (TPSA) is 94.0 Å². The highest BCUT2D eigenvalue weighted by atomic mass is 16.4. The highest BCUT2D eigenvalue weighted by Crippen LogP contribution is 2.10. The van der Waals surface area contributed by atoms with Crippen molar-refractivity contribution in [3.8, 4) is 5.69 Å². The smallest absolute Gasteiger partial charge is 0.351 e. The van der Waals surface area contributed by atoms with Gasteiger partial charge in [0.25, 0.3) is 0 Å². The van der Waals surface area contributed by atoms with E-state index >= 15 is 0 Å². The number of hydrogen-bond acceptors (Lipinski definition) is 4. The van der Waals surface area contributed by atoms with Gasteiger partial charge in [-0.3, -0.25) is 0 Å². The molecular formula is C11H10N4O2. The third-order valence-electron chi connectivity index (χ3n) is 2.15. The molecule has 6 nitrogen and oxygen atoms in total. The van der Waals surface area contributed by atoms with Gasteiger partial charge in [0, 0.05) is 0 Å².